The number of para-hydroxylation sites is 1. The smallest absolute Gasteiger partial charge is 0.194 e. The molecular weight excluding hydrogens is 256 g/mol. The summed E-state index contributed by atoms with van der Waals surface area (Å²) in [5, 5.41) is 18.2. The summed E-state index contributed by atoms with van der Waals surface area (Å²) in [6.07, 6.45) is 3.52. The molecule has 0 bridgehead atoms. The Balaban J connectivity index is 0.000000361. The molecule has 0 aliphatic rings. The molecule has 4 nitrogen and oxygen atoms in total. The van der Waals surface area contributed by atoms with Crippen LogP contribution in [0.5, 0.6) is 5.75 Å². The van der Waals surface area contributed by atoms with Gasteiger partial charge < -0.3 is 14.9 Å². The lowest BCUT2D eigenvalue weighted by Gasteiger charge is -2.24. The van der Waals surface area contributed by atoms with E-state index in [1.807, 2.05) is 43.3 Å². The van der Waals surface area contributed by atoms with Crippen LogP contribution in [0.15, 0.2) is 42.7 Å². The minimum Gasteiger partial charge on any atom is -0.465 e. The molecule has 0 radical (unpaired) electrons. The van der Waals surface area contributed by atoms with Gasteiger partial charge in [0.05, 0.1) is 6.26 Å². The maximum Gasteiger partial charge on any atom is 0.194 e. The molecule has 0 aliphatic heterocycles. The molecule has 20 heavy (non-hydrogen) atoms. The summed E-state index contributed by atoms with van der Waals surface area (Å²) in [7, 11) is 0. The second kappa shape index (κ2) is 7.82. The summed E-state index contributed by atoms with van der Waals surface area (Å²) >= 11 is 0. The molecule has 2 N–H and O–H groups in total. The molecule has 0 amide bonds. The lowest BCUT2D eigenvalue weighted by molar-refractivity contribution is -0.150. The van der Waals surface area contributed by atoms with Gasteiger partial charge in [-0.25, -0.2) is 0 Å². The molecule has 0 aliphatic carbocycles. The summed E-state index contributed by atoms with van der Waals surface area (Å²) in [5.74, 6) is 0.306. The monoisotopic (exact) mass is 280 g/mol. The third kappa shape index (κ3) is 7.71. The van der Waals surface area contributed by atoms with Gasteiger partial charge in [-0.3, -0.25) is 4.79 Å². The van der Waals surface area contributed by atoms with Crippen molar-refractivity contribution in [2.75, 3.05) is 0 Å². The molecule has 112 valence electrons. The number of ether oxygens (including phenoxy) is 1. The van der Waals surface area contributed by atoms with Crippen LogP contribution in [0.3, 0.4) is 0 Å². The standard InChI is InChI=1S/C9H10O.C7H14O3/c1-2-8-10-9-6-4-3-5-7-9;1-6(2,9)5(8)7(3,4)10/h2-8H,1H3;9-10H,1-4H3. The van der Waals surface area contributed by atoms with Crippen molar-refractivity contribution < 1.29 is 19.7 Å². The van der Waals surface area contributed by atoms with Crippen molar-refractivity contribution in [3.63, 3.8) is 0 Å². The van der Waals surface area contributed by atoms with Gasteiger partial charge in [-0.15, -0.1) is 0 Å². The van der Waals surface area contributed by atoms with E-state index in [1.165, 1.54) is 27.7 Å². The maximum absolute atomic E-state index is 11.0. The molecule has 0 heterocycles. The van der Waals surface area contributed by atoms with Crippen LogP contribution in [0.2, 0.25) is 0 Å². The third-order valence-electron chi connectivity index (χ3n) is 2.19. The van der Waals surface area contributed by atoms with Crippen LogP contribution in [0, 0.1) is 0 Å². The molecule has 1 aromatic carbocycles. The van der Waals surface area contributed by atoms with Crippen LogP contribution in [-0.2, 0) is 4.79 Å². The zero-order chi connectivity index (χ0) is 15.8. The molecule has 0 fully saturated rings. The van der Waals surface area contributed by atoms with E-state index in [9.17, 15) is 4.79 Å². The number of carbonyl (C=O) groups excluding carboxylic acids is 1. The van der Waals surface area contributed by atoms with Crippen LogP contribution in [0.1, 0.15) is 34.6 Å². The van der Waals surface area contributed by atoms with Gasteiger partial charge in [-0.1, -0.05) is 24.3 Å². The first kappa shape index (κ1) is 18.4. The predicted molar refractivity (Wildman–Crippen MR) is 79.5 cm³/mol. The molecule has 4 heteroatoms. The number of rotatable bonds is 4. The fourth-order valence-corrected chi connectivity index (χ4v) is 1.39. The van der Waals surface area contributed by atoms with Crippen molar-refractivity contribution in [2.45, 2.75) is 45.8 Å². The summed E-state index contributed by atoms with van der Waals surface area (Å²) in [6, 6.07) is 9.68. The molecule has 0 aromatic heterocycles. The topological polar surface area (TPSA) is 66.8 Å². The fourth-order valence-electron chi connectivity index (χ4n) is 1.39. The zero-order valence-corrected chi connectivity index (χ0v) is 12.8. The van der Waals surface area contributed by atoms with Gasteiger partial charge in [0, 0.05) is 0 Å². The Morgan fingerprint density at radius 2 is 1.50 bits per heavy atom. The fraction of sp³-hybridized carbons (Fsp3) is 0.438. The van der Waals surface area contributed by atoms with E-state index in [0.717, 1.165) is 5.75 Å². The summed E-state index contributed by atoms with van der Waals surface area (Å²) in [6.45, 7) is 7.34. The van der Waals surface area contributed by atoms with E-state index < -0.39 is 17.0 Å². The minimum atomic E-state index is -1.45. The molecular formula is C16H24O4. The number of allylic oxidation sites excluding steroid dienone is 1. The normalized spacial score (nSPS) is 11.8. The van der Waals surface area contributed by atoms with Crippen LogP contribution in [0.4, 0.5) is 0 Å². The van der Waals surface area contributed by atoms with Crippen LogP contribution in [0.25, 0.3) is 0 Å². The largest absolute Gasteiger partial charge is 0.465 e. The Labute approximate surface area is 120 Å². The van der Waals surface area contributed by atoms with E-state index >= 15 is 0 Å². The van der Waals surface area contributed by atoms with Gasteiger partial charge >= 0.3 is 0 Å². The maximum atomic E-state index is 11.0. The molecule has 0 unspecified atom stereocenters. The number of hydrogen-bond acceptors (Lipinski definition) is 4. The van der Waals surface area contributed by atoms with Crippen LogP contribution >= 0.6 is 0 Å². The summed E-state index contributed by atoms with van der Waals surface area (Å²) in [4.78, 5) is 11.0. The Morgan fingerprint density at radius 3 is 1.80 bits per heavy atom. The lowest BCUT2D eigenvalue weighted by Crippen LogP contribution is -2.45. The molecule has 1 aromatic rings. The average Bonchev–Trinajstić information content (AvgIpc) is 2.35. The van der Waals surface area contributed by atoms with Gasteiger partial charge in [-0.2, -0.15) is 0 Å². The van der Waals surface area contributed by atoms with Crippen molar-refractivity contribution in [1.29, 1.82) is 0 Å². The highest BCUT2D eigenvalue weighted by Gasteiger charge is 2.35. The first-order valence-corrected chi connectivity index (χ1v) is 6.41. The highest BCUT2D eigenvalue weighted by molar-refractivity contribution is 5.92. The zero-order valence-electron chi connectivity index (χ0n) is 12.8. The first-order chi connectivity index (χ1) is 9.09. The first-order valence-electron chi connectivity index (χ1n) is 6.41. The Hall–Kier alpha value is -1.65. The van der Waals surface area contributed by atoms with Gasteiger partial charge in [0.2, 0.25) is 0 Å². The van der Waals surface area contributed by atoms with Gasteiger partial charge in [-0.05, 0) is 46.8 Å². The minimum absolute atomic E-state index is 0.569. The third-order valence-corrected chi connectivity index (χ3v) is 2.19. The number of Topliss-reactive ketones (excluding diaryl/α,β-unsaturated/α-hetero) is 1. The molecule has 0 saturated heterocycles. The summed E-state index contributed by atoms with van der Waals surface area (Å²) in [5.41, 5.74) is -2.89. The van der Waals surface area contributed by atoms with Crippen molar-refractivity contribution >= 4 is 5.78 Å². The second-order valence-corrected chi connectivity index (χ2v) is 5.35. The van der Waals surface area contributed by atoms with Gasteiger partial charge in [0.25, 0.3) is 0 Å². The van der Waals surface area contributed by atoms with Crippen molar-refractivity contribution in [3.05, 3.63) is 42.7 Å². The molecule has 1 rings (SSSR count). The SMILES string of the molecule is CC(C)(O)C(=O)C(C)(C)O.CC=COc1ccccc1. The van der Waals surface area contributed by atoms with E-state index in [0.29, 0.717) is 0 Å². The highest BCUT2D eigenvalue weighted by atomic mass is 16.5. The predicted octanol–water partition coefficient (Wildman–Crippen LogP) is 2.70. The number of carbonyl (C=O) groups is 1. The van der Waals surface area contributed by atoms with E-state index in [2.05, 4.69) is 0 Å². The Bertz CT molecular complexity index is 406. The van der Waals surface area contributed by atoms with Crippen molar-refractivity contribution in [3.8, 4) is 5.75 Å². The van der Waals surface area contributed by atoms with E-state index in [4.69, 9.17) is 14.9 Å². The van der Waals surface area contributed by atoms with Crippen LogP contribution in [-0.4, -0.2) is 27.2 Å². The lowest BCUT2D eigenvalue weighted by atomic mass is 9.91. The number of aliphatic hydroxyl groups is 2. The van der Waals surface area contributed by atoms with Crippen molar-refractivity contribution in [1.82, 2.24) is 0 Å². The van der Waals surface area contributed by atoms with Crippen molar-refractivity contribution in [2.24, 2.45) is 0 Å². The quantitative estimate of drug-likeness (QED) is 0.832. The second-order valence-electron chi connectivity index (χ2n) is 5.35. The Kier molecular flexibility index (Phi) is 7.18. The average molecular weight is 280 g/mol. The molecule has 0 saturated carbocycles. The Morgan fingerprint density at radius 1 is 1.05 bits per heavy atom. The van der Waals surface area contributed by atoms with Crippen LogP contribution < -0.4 is 4.74 Å². The van der Waals surface area contributed by atoms with E-state index in [-0.39, 0.29) is 0 Å². The highest BCUT2D eigenvalue weighted by Crippen LogP contribution is 2.14. The van der Waals surface area contributed by atoms with Gasteiger partial charge in [0.15, 0.2) is 5.78 Å². The van der Waals surface area contributed by atoms with E-state index in [1.54, 1.807) is 6.26 Å². The number of hydrogen-bond donors (Lipinski definition) is 2. The molecule has 0 spiro atoms. The number of benzene rings is 1. The van der Waals surface area contributed by atoms with Gasteiger partial charge in [0.1, 0.15) is 17.0 Å². The summed E-state index contributed by atoms with van der Waals surface area (Å²) < 4.78 is 5.17. The molecule has 0 atom stereocenters. The number of ketones is 1.